The van der Waals surface area contributed by atoms with E-state index < -0.39 is 11.6 Å². The van der Waals surface area contributed by atoms with Crippen LogP contribution in [-0.2, 0) is 4.74 Å². The van der Waals surface area contributed by atoms with Crippen LogP contribution in [0.1, 0.15) is 115 Å². The van der Waals surface area contributed by atoms with E-state index in [0.29, 0.717) is 24.2 Å². The third-order valence-corrected chi connectivity index (χ3v) is 10.9. The fourth-order valence-corrected chi connectivity index (χ4v) is 8.64. The van der Waals surface area contributed by atoms with E-state index in [9.17, 15) is 8.78 Å². The molecule has 0 radical (unpaired) electrons. The number of ether oxygens (including phenoxy) is 2. The lowest BCUT2D eigenvalue weighted by Gasteiger charge is -2.43. The highest BCUT2D eigenvalue weighted by molar-refractivity contribution is 5.33. The molecule has 1 aromatic rings. The first kappa shape index (κ1) is 28.1. The molecule has 212 valence electrons. The molecule has 4 heteroatoms. The summed E-state index contributed by atoms with van der Waals surface area (Å²) in [7, 11) is 0. The third-order valence-electron chi connectivity index (χ3n) is 10.9. The van der Waals surface area contributed by atoms with Crippen LogP contribution in [0.5, 0.6) is 5.75 Å². The number of allylic oxidation sites excluding steroid dienone is 2. The van der Waals surface area contributed by atoms with Gasteiger partial charge in [-0.25, -0.2) is 4.39 Å². The summed E-state index contributed by atoms with van der Waals surface area (Å²) in [6.07, 6.45) is 22.9. The topological polar surface area (TPSA) is 18.5 Å². The van der Waals surface area contributed by atoms with Crippen molar-refractivity contribution in [2.75, 3.05) is 13.2 Å². The van der Waals surface area contributed by atoms with Crippen LogP contribution in [0.3, 0.4) is 0 Å². The standard InChI is InChI=1S/C34H50F2O2/c1-3-5-23-6-8-24(9-7-23)25-10-12-26(13-11-25)29-18-20-31(38-22-29)28-16-14-27(15-17-28)30-19-21-32(37-4-2)34(36)33(30)35/h3,5,19,21,23-29,31H,4,6-18,20,22H2,1-2H3. The molecule has 0 spiro atoms. The lowest BCUT2D eigenvalue weighted by molar-refractivity contribution is -0.0733. The van der Waals surface area contributed by atoms with Crippen molar-refractivity contribution in [1.29, 1.82) is 0 Å². The zero-order valence-electron chi connectivity index (χ0n) is 23.8. The second-order valence-corrected chi connectivity index (χ2v) is 12.9. The Labute approximate surface area is 229 Å². The molecule has 2 nitrogen and oxygen atoms in total. The maximum atomic E-state index is 14.7. The van der Waals surface area contributed by atoms with Gasteiger partial charge in [-0.15, -0.1) is 0 Å². The molecule has 0 bridgehead atoms. The lowest BCUT2D eigenvalue weighted by Crippen LogP contribution is -2.37. The van der Waals surface area contributed by atoms with Gasteiger partial charge in [0.2, 0.25) is 5.82 Å². The minimum Gasteiger partial charge on any atom is -0.491 e. The number of hydrogen-bond donors (Lipinski definition) is 0. The average molecular weight is 529 g/mol. The summed E-state index contributed by atoms with van der Waals surface area (Å²) in [5, 5.41) is 0. The molecule has 2 atom stereocenters. The summed E-state index contributed by atoms with van der Waals surface area (Å²) in [6, 6.07) is 3.33. The maximum Gasteiger partial charge on any atom is 0.200 e. The number of benzene rings is 1. The minimum atomic E-state index is -0.834. The van der Waals surface area contributed by atoms with Crippen molar-refractivity contribution in [3.63, 3.8) is 0 Å². The van der Waals surface area contributed by atoms with Gasteiger partial charge in [0.1, 0.15) is 0 Å². The van der Waals surface area contributed by atoms with Gasteiger partial charge in [-0.3, -0.25) is 0 Å². The summed E-state index contributed by atoms with van der Waals surface area (Å²) >= 11 is 0. The summed E-state index contributed by atoms with van der Waals surface area (Å²) in [5.74, 6) is 3.53. The molecular weight excluding hydrogens is 478 g/mol. The first-order valence-electron chi connectivity index (χ1n) is 15.9. The fourth-order valence-electron chi connectivity index (χ4n) is 8.64. The van der Waals surface area contributed by atoms with Crippen molar-refractivity contribution in [2.24, 2.45) is 35.5 Å². The largest absolute Gasteiger partial charge is 0.491 e. The van der Waals surface area contributed by atoms with Crippen LogP contribution < -0.4 is 4.74 Å². The van der Waals surface area contributed by atoms with E-state index in [-0.39, 0.29) is 11.7 Å². The molecule has 1 saturated heterocycles. The molecule has 0 amide bonds. The van der Waals surface area contributed by atoms with Gasteiger partial charge in [0.15, 0.2) is 11.6 Å². The summed E-state index contributed by atoms with van der Waals surface area (Å²) in [5.41, 5.74) is 0.524. The molecule has 3 aliphatic carbocycles. The first-order valence-corrected chi connectivity index (χ1v) is 15.9. The monoisotopic (exact) mass is 528 g/mol. The molecule has 4 fully saturated rings. The highest BCUT2D eigenvalue weighted by Gasteiger charge is 2.37. The highest BCUT2D eigenvalue weighted by Crippen LogP contribution is 2.46. The predicted octanol–water partition coefficient (Wildman–Crippen LogP) is 9.62. The van der Waals surface area contributed by atoms with Crippen molar-refractivity contribution in [3.05, 3.63) is 41.5 Å². The van der Waals surface area contributed by atoms with Crippen LogP contribution in [0.4, 0.5) is 8.78 Å². The van der Waals surface area contributed by atoms with E-state index in [4.69, 9.17) is 9.47 Å². The molecule has 0 N–H and O–H groups in total. The number of rotatable bonds is 7. The predicted molar refractivity (Wildman–Crippen MR) is 150 cm³/mol. The average Bonchev–Trinajstić information content (AvgIpc) is 2.97. The third kappa shape index (κ3) is 6.48. The van der Waals surface area contributed by atoms with Crippen molar-refractivity contribution in [1.82, 2.24) is 0 Å². The Kier molecular flexibility index (Phi) is 9.84. The van der Waals surface area contributed by atoms with E-state index in [1.807, 2.05) is 0 Å². The maximum absolute atomic E-state index is 14.7. The molecule has 3 saturated carbocycles. The molecule has 4 aliphatic rings. The van der Waals surface area contributed by atoms with Crippen molar-refractivity contribution in [3.8, 4) is 5.75 Å². The van der Waals surface area contributed by atoms with Crippen LogP contribution in [0.15, 0.2) is 24.3 Å². The van der Waals surface area contributed by atoms with E-state index in [0.717, 1.165) is 61.9 Å². The van der Waals surface area contributed by atoms with E-state index in [1.165, 1.54) is 64.2 Å². The Morgan fingerprint density at radius 2 is 1.32 bits per heavy atom. The first-order chi connectivity index (χ1) is 18.6. The summed E-state index contributed by atoms with van der Waals surface area (Å²) in [4.78, 5) is 0. The molecular formula is C34H50F2O2. The van der Waals surface area contributed by atoms with Gasteiger partial charge in [-0.05, 0) is 157 Å². The SMILES string of the molecule is CC=CC1CCC(C2CCC(C3CCC(C4CCC(c5ccc(OCC)c(F)c5F)CC4)OC3)CC2)CC1. The second kappa shape index (κ2) is 13.3. The normalized spacial score (nSPS) is 36.8. The van der Waals surface area contributed by atoms with Gasteiger partial charge in [-0.1, -0.05) is 18.2 Å². The highest BCUT2D eigenvalue weighted by atomic mass is 19.2. The molecule has 38 heavy (non-hydrogen) atoms. The van der Waals surface area contributed by atoms with E-state index >= 15 is 0 Å². The summed E-state index contributed by atoms with van der Waals surface area (Å²) in [6.45, 7) is 5.21. The molecule has 0 aromatic heterocycles. The zero-order valence-corrected chi connectivity index (χ0v) is 23.8. The van der Waals surface area contributed by atoms with Gasteiger partial charge in [0.05, 0.1) is 19.3 Å². The van der Waals surface area contributed by atoms with Crippen LogP contribution in [0.25, 0.3) is 0 Å². The van der Waals surface area contributed by atoms with Crippen LogP contribution >= 0.6 is 0 Å². The molecule has 5 rings (SSSR count). The Morgan fingerprint density at radius 3 is 1.89 bits per heavy atom. The van der Waals surface area contributed by atoms with Crippen molar-refractivity contribution >= 4 is 0 Å². The van der Waals surface area contributed by atoms with E-state index in [2.05, 4.69) is 19.1 Å². The van der Waals surface area contributed by atoms with Gasteiger partial charge in [0, 0.05) is 0 Å². The van der Waals surface area contributed by atoms with Gasteiger partial charge in [0.25, 0.3) is 0 Å². The number of hydrogen-bond acceptors (Lipinski definition) is 2. The molecule has 1 aliphatic heterocycles. The molecule has 1 heterocycles. The van der Waals surface area contributed by atoms with Gasteiger partial charge < -0.3 is 9.47 Å². The Bertz CT molecular complexity index is 897. The van der Waals surface area contributed by atoms with Gasteiger partial charge in [-0.2, -0.15) is 4.39 Å². The van der Waals surface area contributed by atoms with Crippen LogP contribution in [0, 0.1) is 47.1 Å². The van der Waals surface area contributed by atoms with Crippen molar-refractivity contribution in [2.45, 2.75) is 116 Å². The molecule has 2 unspecified atom stereocenters. The zero-order chi connectivity index (χ0) is 26.5. The minimum absolute atomic E-state index is 0.0216. The van der Waals surface area contributed by atoms with Crippen molar-refractivity contribution < 1.29 is 18.3 Å². The summed E-state index contributed by atoms with van der Waals surface area (Å²) < 4.78 is 40.9. The Balaban J connectivity index is 1.03. The van der Waals surface area contributed by atoms with Gasteiger partial charge >= 0.3 is 0 Å². The second-order valence-electron chi connectivity index (χ2n) is 12.9. The number of halogens is 2. The van der Waals surface area contributed by atoms with Crippen LogP contribution in [0.2, 0.25) is 0 Å². The Hall–Kier alpha value is -1.42. The lowest BCUT2D eigenvalue weighted by atomic mass is 9.66. The smallest absolute Gasteiger partial charge is 0.200 e. The van der Waals surface area contributed by atoms with E-state index in [1.54, 1.807) is 19.1 Å². The Morgan fingerprint density at radius 1 is 0.737 bits per heavy atom. The van der Waals surface area contributed by atoms with Crippen LogP contribution in [-0.4, -0.2) is 19.3 Å². The molecule has 1 aromatic carbocycles. The fraction of sp³-hybridized carbons (Fsp3) is 0.765. The quantitative estimate of drug-likeness (QED) is 0.328.